The molecule has 1 fully saturated rings. The fourth-order valence-corrected chi connectivity index (χ4v) is 3.56. The average Bonchev–Trinajstić information content (AvgIpc) is 3.24. The predicted molar refractivity (Wildman–Crippen MR) is 120 cm³/mol. The molecule has 2 aromatic rings. The van der Waals surface area contributed by atoms with Gasteiger partial charge in [-0.15, -0.1) is 0 Å². The molecule has 0 saturated carbocycles. The minimum absolute atomic E-state index is 0.00203. The first-order valence-corrected chi connectivity index (χ1v) is 10.4. The minimum Gasteiger partial charge on any atom is -0.353 e. The third kappa shape index (κ3) is 6.06. The van der Waals surface area contributed by atoms with Crippen LogP contribution in [0.1, 0.15) is 12.1 Å². The number of amides is 1. The van der Waals surface area contributed by atoms with Crippen molar-refractivity contribution in [3.63, 3.8) is 0 Å². The van der Waals surface area contributed by atoms with Crippen LogP contribution in [-0.4, -0.2) is 73.1 Å². The molecule has 1 amide bonds. The molecule has 0 bridgehead atoms. The van der Waals surface area contributed by atoms with Gasteiger partial charge in [-0.25, -0.2) is 4.98 Å². The summed E-state index contributed by atoms with van der Waals surface area (Å²) in [7, 11) is 3.50. The van der Waals surface area contributed by atoms with E-state index in [1.165, 1.54) is 0 Å². The number of hydrogen-bond donors (Lipinski definition) is 2. The number of rotatable bonds is 7. The van der Waals surface area contributed by atoms with Crippen LogP contribution in [0.25, 0.3) is 0 Å². The van der Waals surface area contributed by atoms with Gasteiger partial charge in [0.15, 0.2) is 5.96 Å². The van der Waals surface area contributed by atoms with Crippen LogP contribution >= 0.6 is 11.6 Å². The lowest BCUT2D eigenvalue weighted by atomic mass is 10.2. The fraction of sp³-hybridized carbons (Fsp3) is 0.429. The number of guanidine groups is 1. The Bertz CT molecular complexity index is 861. The number of nitrogens with zero attached hydrogens (tertiary/aromatic N) is 5. The zero-order chi connectivity index (χ0) is 21.3. The lowest BCUT2D eigenvalue weighted by Gasteiger charge is -2.21. The van der Waals surface area contributed by atoms with E-state index < -0.39 is 0 Å². The van der Waals surface area contributed by atoms with Gasteiger partial charge < -0.3 is 20.4 Å². The summed E-state index contributed by atoms with van der Waals surface area (Å²) in [4.78, 5) is 29.2. The molecule has 30 heavy (non-hydrogen) atoms. The highest BCUT2D eigenvalue weighted by molar-refractivity contribution is 6.32. The molecule has 2 N–H and O–H groups in total. The number of nitrogens with one attached hydrogen (secondary N) is 2. The number of halogens is 1. The van der Waals surface area contributed by atoms with Crippen LogP contribution in [0.15, 0.2) is 47.7 Å². The number of hydrogen-bond acceptors (Lipinski definition) is 5. The van der Waals surface area contributed by atoms with Crippen molar-refractivity contribution in [2.75, 3.05) is 45.2 Å². The van der Waals surface area contributed by atoms with E-state index in [0.717, 1.165) is 37.4 Å². The van der Waals surface area contributed by atoms with Crippen LogP contribution in [0.2, 0.25) is 5.02 Å². The molecule has 3 heterocycles. The smallest absolute Gasteiger partial charge is 0.241 e. The van der Waals surface area contributed by atoms with Crippen molar-refractivity contribution in [1.82, 2.24) is 25.5 Å². The highest BCUT2D eigenvalue weighted by Crippen LogP contribution is 2.25. The van der Waals surface area contributed by atoms with Gasteiger partial charge in [-0.1, -0.05) is 17.7 Å². The maximum atomic E-state index is 12.4. The second-order valence-corrected chi connectivity index (χ2v) is 7.60. The summed E-state index contributed by atoms with van der Waals surface area (Å²) in [6, 6.07) is 9.68. The van der Waals surface area contributed by atoms with Crippen molar-refractivity contribution >= 4 is 29.3 Å². The van der Waals surface area contributed by atoms with E-state index in [2.05, 4.69) is 30.5 Å². The molecule has 1 unspecified atom stereocenters. The Morgan fingerprint density at radius 3 is 2.87 bits per heavy atom. The summed E-state index contributed by atoms with van der Waals surface area (Å²) >= 11 is 6.26. The number of aliphatic imine (C=N–C) groups is 1. The fourth-order valence-electron chi connectivity index (χ4n) is 3.32. The van der Waals surface area contributed by atoms with Crippen LogP contribution < -0.4 is 15.5 Å². The number of pyridine rings is 2. The molecule has 1 aliphatic rings. The molecule has 1 saturated heterocycles. The van der Waals surface area contributed by atoms with E-state index in [1.54, 1.807) is 31.4 Å². The van der Waals surface area contributed by atoms with Gasteiger partial charge in [0.1, 0.15) is 5.82 Å². The molecule has 2 aromatic heterocycles. The molecule has 1 aliphatic heterocycles. The Kier molecular flexibility index (Phi) is 7.84. The van der Waals surface area contributed by atoms with Gasteiger partial charge in [-0.2, -0.15) is 0 Å². The van der Waals surface area contributed by atoms with Gasteiger partial charge in [-0.3, -0.25) is 14.8 Å². The second kappa shape index (κ2) is 10.8. The van der Waals surface area contributed by atoms with E-state index in [9.17, 15) is 4.79 Å². The van der Waals surface area contributed by atoms with Crippen molar-refractivity contribution in [3.8, 4) is 0 Å². The molecule has 0 radical (unpaired) electrons. The molecular weight excluding hydrogens is 402 g/mol. The van der Waals surface area contributed by atoms with Gasteiger partial charge in [0, 0.05) is 64.3 Å². The van der Waals surface area contributed by atoms with Gasteiger partial charge in [0.2, 0.25) is 5.91 Å². The van der Waals surface area contributed by atoms with Crippen LogP contribution in [0, 0.1) is 0 Å². The molecule has 0 aromatic carbocycles. The summed E-state index contributed by atoms with van der Waals surface area (Å²) in [5, 5.41) is 7.15. The zero-order valence-electron chi connectivity index (χ0n) is 17.4. The Labute approximate surface area is 182 Å². The second-order valence-electron chi connectivity index (χ2n) is 7.20. The number of carbonyl (C=O) groups is 1. The third-order valence-electron chi connectivity index (χ3n) is 5.05. The van der Waals surface area contributed by atoms with Crippen molar-refractivity contribution in [1.29, 1.82) is 0 Å². The molecule has 3 rings (SSSR count). The average molecular weight is 430 g/mol. The summed E-state index contributed by atoms with van der Waals surface area (Å²) in [6.45, 7) is 2.43. The van der Waals surface area contributed by atoms with E-state index in [1.807, 2.05) is 30.3 Å². The summed E-state index contributed by atoms with van der Waals surface area (Å²) < 4.78 is 0. The van der Waals surface area contributed by atoms with Crippen LogP contribution in [0.3, 0.4) is 0 Å². The molecule has 8 nitrogen and oxygen atoms in total. The Morgan fingerprint density at radius 2 is 2.13 bits per heavy atom. The maximum Gasteiger partial charge on any atom is 0.241 e. The van der Waals surface area contributed by atoms with Crippen LogP contribution in [-0.2, 0) is 11.2 Å². The van der Waals surface area contributed by atoms with Gasteiger partial charge in [0.25, 0.3) is 0 Å². The normalized spacial score (nSPS) is 16.4. The lowest BCUT2D eigenvalue weighted by Crippen LogP contribution is -2.48. The largest absolute Gasteiger partial charge is 0.353 e. The summed E-state index contributed by atoms with van der Waals surface area (Å²) in [5.74, 6) is 1.42. The Hall–Kier alpha value is -2.87. The monoisotopic (exact) mass is 429 g/mol. The Morgan fingerprint density at radius 1 is 1.30 bits per heavy atom. The van der Waals surface area contributed by atoms with Crippen molar-refractivity contribution in [3.05, 3.63) is 53.4 Å². The highest BCUT2D eigenvalue weighted by atomic mass is 35.5. The van der Waals surface area contributed by atoms with Gasteiger partial charge in [0.05, 0.1) is 11.6 Å². The van der Waals surface area contributed by atoms with E-state index in [-0.39, 0.29) is 18.5 Å². The molecular formula is C21H28ClN7O. The van der Waals surface area contributed by atoms with E-state index in [0.29, 0.717) is 17.5 Å². The summed E-state index contributed by atoms with van der Waals surface area (Å²) in [6.07, 6.45) is 5.17. The number of anilines is 1. The van der Waals surface area contributed by atoms with Crippen LogP contribution in [0.5, 0.6) is 0 Å². The number of carbonyl (C=O) groups excluding carboxylic acids is 1. The van der Waals surface area contributed by atoms with Crippen LogP contribution in [0.4, 0.5) is 5.82 Å². The molecule has 0 aliphatic carbocycles. The van der Waals surface area contributed by atoms with Gasteiger partial charge >= 0.3 is 0 Å². The molecule has 1 atom stereocenters. The van der Waals surface area contributed by atoms with E-state index >= 15 is 0 Å². The Balaban J connectivity index is 1.42. The highest BCUT2D eigenvalue weighted by Gasteiger charge is 2.25. The van der Waals surface area contributed by atoms with E-state index in [4.69, 9.17) is 11.6 Å². The first-order chi connectivity index (χ1) is 14.6. The molecule has 9 heteroatoms. The van der Waals surface area contributed by atoms with Gasteiger partial charge in [-0.05, 0) is 30.7 Å². The number of likely N-dealkylation sites (N-methyl/N-ethyl adjacent to an activating group) is 1. The number of aromatic nitrogens is 2. The zero-order valence-corrected chi connectivity index (χ0v) is 18.1. The predicted octanol–water partition coefficient (Wildman–Crippen LogP) is 1.57. The first-order valence-electron chi connectivity index (χ1n) is 10.0. The lowest BCUT2D eigenvalue weighted by molar-refractivity contribution is -0.128. The van der Waals surface area contributed by atoms with Crippen molar-refractivity contribution in [2.45, 2.75) is 18.9 Å². The maximum absolute atomic E-state index is 12.4. The minimum atomic E-state index is 0.00203. The topological polar surface area (TPSA) is 85.8 Å². The SMILES string of the molecule is CN=C(NCC(=O)N(C)CCc1ccccn1)NC1CCN(c2ncccc2Cl)C1. The first kappa shape index (κ1) is 21.8. The molecule has 160 valence electrons. The summed E-state index contributed by atoms with van der Waals surface area (Å²) in [5.41, 5.74) is 0.974. The quantitative estimate of drug-likeness (QED) is 0.513. The molecule has 0 spiro atoms. The third-order valence-corrected chi connectivity index (χ3v) is 5.35. The standard InChI is InChI=1S/C21H28ClN7O/c1-23-21(26-14-19(30)28(2)12-8-16-6-3-4-10-24-16)27-17-9-13-29(15-17)20-18(22)7-5-11-25-20/h3-7,10-11,17H,8-9,12-15H2,1-2H3,(H2,23,26,27). The van der Waals surface area contributed by atoms with Crippen molar-refractivity contribution < 1.29 is 4.79 Å². The van der Waals surface area contributed by atoms with Crippen molar-refractivity contribution in [2.24, 2.45) is 4.99 Å².